The molecule has 120 valence electrons. The summed E-state index contributed by atoms with van der Waals surface area (Å²) < 4.78 is 2.57. The molecule has 1 heterocycles. The Kier molecular flexibility index (Phi) is 6.39. The molecule has 0 aromatic carbocycles. The Labute approximate surface area is 129 Å². The number of anilines is 2. The Morgan fingerprint density at radius 2 is 1.90 bits per heavy atom. The van der Waals surface area contributed by atoms with Crippen LogP contribution in [0.5, 0.6) is 0 Å². The molecule has 0 amide bonds. The van der Waals surface area contributed by atoms with Gasteiger partial charge in [-0.1, -0.05) is 20.8 Å². The van der Waals surface area contributed by atoms with Gasteiger partial charge in [0.2, 0.25) is 0 Å². The monoisotopic (exact) mass is 314 g/mol. The SMILES string of the molecule is CSC(C)CCNc1c(N)n(CC(C)C)c(=O)n(C)c1=O. The fourth-order valence-corrected chi connectivity index (χ4v) is 2.36. The molecule has 1 rings (SSSR count). The van der Waals surface area contributed by atoms with Gasteiger partial charge in [0.15, 0.2) is 0 Å². The fourth-order valence-electron chi connectivity index (χ4n) is 2.01. The average molecular weight is 314 g/mol. The largest absolute Gasteiger partial charge is 0.383 e. The van der Waals surface area contributed by atoms with E-state index < -0.39 is 0 Å². The molecule has 1 unspecified atom stereocenters. The molecule has 0 aliphatic rings. The van der Waals surface area contributed by atoms with Crippen molar-refractivity contribution in [1.29, 1.82) is 0 Å². The van der Waals surface area contributed by atoms with Gasteiger partial charge in [0.1, 0.15) is 11.5 Å². The lowest BCUT2D eigenvalue weighted by Crippen LogP contribution is -2.41. The van der Waals surface area contributed by atoms with Gasteiger partial charge in [-0.2, -0.15) is 11.8 Å². The molecule has 0 spiro atoms. The van der Waals surface area contributed by atoms with Crippen LogP contribution < -0.4 is 22.3 Å². The van der Waals surface area contributed by atoms with Crippen molar-refractivity contribution < 1.29 is 0 Å². The predicted molar refractivity (Wildman–Crippen MR) is 91.3 cm³/mol. The minimum atomic E-state index is -0.366. The first-order chi connectivity index (χ1) is 9.79. The van der Waals surface area contributed by atoms with Crippen molar-refractivity contribution in [2.45, 2.75) is 39.0 Å². The van der Waals surface area contributed by atoms with E-state index in [1.807, 2.05) is 13.8 Å². The molecular formula is C14H26N4O2S. The van der Waals surface area contributed by atoms with E-state index in [4.69, 9.17) is 5.73 Å². The Morgan fingerprint density at radius 1 is 1.29 bits per heavy atom. The molecule has 0 bridgehead atoms. The van der Waals surface area contributed by atoms with Crippen LogP contribution in [0.15, 0.2) is 9.59 Å². The van der Waals surface area contributed by atoms with Gasteiger partial charge in [-0.25, -0.2) is 4.79 Å². The highest BCUT2D eigenvalue weighted by Gasteiger charge is 2.15. The lowest BCUT2D eigenvalue weighted by molar-refractivity contribution is 0.494. The summed E-state index contributed by atoms with van der Waals surface area (Å²) in [6.45, 7) is 7.29. The molecule has 0 saturated heterocycles. The molecule has 0 aliphatic carbocycles. The quantitative estimate of drug-likeness (QED) is 0.793. The first-order valence-corrected chi connectivity index (χ1v) is 8.44. The number of nitrogens with zero attached hydrogens (tertiary/aromatic N) is 2. The van der Waals surface area contributed by atoms with Gasteiger partial charge in [-0.05, 0) is 18.6 Å². The third-order valence-corrected chi connectivity index (χ3v) is 4.43. The zero-order valence-corrected chi connectivity index (χ0v) is 14.3. The van der Waals surface area contributed by atoms with Crippen LogP contribution >= 0.6 is 11.8 Å². The van der Waals surface area contributed by atoms with Gasteiger partial charge >= 0.3 is 5.69 Å². The van der Waals surface area contributed by atoms with Gasteiger partial charge in [0.25, 0.3) is 5.56 Å². The van der Waals surface area contributed by atoms with Crippen molar-refractivity contribution in [1.82, 2.24) is 9.13 Å². The summed E-state index contributed by atoms with van der Waals surface area (Å²) in [5, 5.41) is 3.60. The first-order valence-electron chi connectivity index (χ1n) is 7.15. The number of thioether (sulfide) groups is 1. The summed E-state index contributed by atoms with van der Waals surface area (Å²) in [6, 6.07) is 0. The molecule has 6 nitrogen and oxygen atoms in total. The van der Waals surface area contributed by atoms with E-state index in [-0.39, 0.29) is 23.0 Å². The predicted octanol–water partition coefficient (Wildman–Crippen LogP) is 1.34. The number of nitrogen functional groups attached to an aromatic ring is 1. The average Bonchev–Trinajstić information content (AvgIpc) is 2.44. The smallest absolute Gasteiger partial charge is 0.332 e. The van der Waals surface area contributed by atoms with E-state index >= 15 is 0 Å². The molecule has 1 aromatic heterocycles. The van der Waals surface area contributed by atoms with Crippen LogP contribution in [0.3, 0.4) is 0 Å². The first kappa shape index (κ1) is 17.7. The Balaban J connectivity index is 3.11. The van der Waals surface area contributed by atoms with Gasteiger partial charge in [0.05, 0.1) is 0 Å². The number of rotatable bonds is 7. The highest BCUT2D eigenvalue weighted by molar-refractivity contribution is 7.99. The second-order valence-electron chi connectivity index (χ2n) is 5.67. The normalized spacial score (nSPS) is 12.7. The van der Waals surface area contributed by atoms with Gasteiger partial charge < -0.3 is 11.1 Å². The fraction of sp³-hybridized carbons (Fsp3) is 0.714. The molecule has 21 heavy (non-hydrogen) atoms. The molecule has 0 aliphatic heterocycles. The van der Waals surface area contributed by atoms with E-state index in [1.165, 1.54) is 11.6 Å². The standard InChI is InChI=1S/C14H26N4O2S/c1-9(2)8-18-12(15)11(13(19)17(4)14(18)20)16-7-6-10(3)21-5/h9-10,16H,6-8,15H2,1-5H3. The van der Waals surface area contributed by atoms with Gasteiger partial charge in [-0.15, -0.1) is 0 Å². The number of nitrogens with two attached hydrogens (primary N) is 1. The maximum Gasteiger partial charge on any atom is 0.332 e. The summed E-state index contributed by atoms with van der Waals surface area (Å²) in [7, 11) is 1.48. The van der Waals surface area contributed by atoms with Crippen molar-refractivity contribution in [2.75, 3.05) is 23.9 Å². The Morgan fingerprint density at radius 3 is 2.43 bits per heavy atom. The topological polar surface area (TPSA) is 82.0 Å². The second-order valence-corrected chi connectivity index (χ2v) is 6.95. The van der Waals surface area contributed by atoms with E-state index in [2.05, 4.69) is 18.5 Å². The van der Waals surface area contributed by atoms with Gasteiger partial charge in [0, 0.05) is 25.4 Å². The zero-order valence-electron chi connectivity index (χ0n) is 13.5. The summed E-state index contributed by atoms with van der Waals surface area (Å²) in [6.07, 6.45) is 2.98. The molecular weight excluding hydrogens is 288 g/mol. The highest BCUT2D eigenvalue weighted by atomic mass is 32.2. The van der Waals surface area contributed by atoms with E-state index in [0.717, 1.165) is 11.0 Å². The van der Waals surface area contributed by atoms with Crippen LogP contribution in [0.25, 0.3) is 0 Å². The summed E-state index contributed by atoms with van der Waals surface area (Å²) in [4.78, 5) is 24.3. The lowest BCUT2D eigenvalue weighted by atomic mass is 10.2. The number of nitrogens with one attached hydrogen (secondary N) is 1. The number of hydrogen-bond donors (Lipinski definition) is 2. The summed E-state index contributed by atoms with van der Waals surface area (Å²) >= 11 is 1.78. The van der Waals surface area contributed by atoms with Gasteiger partial charge in [-0.3, -0.25) is 13.9 Å². The van der Waals surface area contributed by atoms with E-state index in [0.29, 0.717) is 24.0 Å². The van der Waals surface area contributed by atoms with Crippen LogP contribution in [-0.4, -0.2) is 27.2 Å². The maximum atomic E-state index is 12.2. The molecule has 7 heteroatoms. The number of hydrogen-bond acceptors (Lipinski definition) is 5. The maximum absolute atomic E-state index is 12.2. The van der Waals surface area contributed by atoms with Crippen molar-refractivity contribution in [3.05, 3.63) is 20.8 Å². The summed E-state index contributed by atoms with van der Waals surface area (Å²) in [5.74, 6) is 0.500. The third-order valence-electron chi connectivity index (χ3n) is 3.39. The van der Waals surface area contributed by atoms with E-state index in [1.54, 1.807) is 11.8 Å². The third kappa shape index (κ3) is 4.30. The molecule has 3 N–H and O–H groups in total. The van der Waals surface area contributed by atoms with Crippen LogP contribution in [-0.2, 0) is 13.6 Å². The molecule has 1 atom stereocenters. The van der Waals surface area contributed by atoms with Crippen molar-refractivity contribution in [3.63, 3.8) is 0 Å². The van der Waals surface area contributed by atoms with Crippen LogP contribution in [0.2, 0.25) is 0 Å². The highest BCUT2D eigenvalue weighted by Crippen LogP contribution is 2.14. The minimum Gasteiger partial charge on any atom is -0.383 e. The Bertz CT molecular complexity index is 592. The molecule has 0 fully saturated rings. The van der Waals surface area contributed by atoms with Crippen molar-refractivity contribution in [2.24, 2.45) is 13.0 Å². The molecule has 1 aromatic rings. The minimum absolute atomic E-state index is 0.230. The number of aromatic nitrogens is 2. The molecule has 0 saturated carbocycles. The second kappa shape index (κ2) is 7.59. The Hall–Kier alpha value is -1.37. The van der Waals surface area contributed by atoms with Crippen LogP contribution in [0.1, 0.15) is 27.2 Å². The van der Waals surface area contributed by atoms with Crippen molar-refractivity contribution in [3.8, 4) is 0 Å². The lowest BCUT2D eigenvalue weighted by Gasteiger charge is -2.18. The zero-order chi connectivity index (χ0) is 16.2. The molecule has 0 radical (unpaired) electrons. The van der Waals surface area contributed by atoms with Crippen LogP contribution in [0.4, 0.5) is 11.5 Å². The van der Waals surface area contributed by atoms with E-state index in [9.17, 15) is 9.59 Å². The van der Waals surface area contributed by atoms with Crippen LogP contribution in [0, 0.1) is 5.92 Å². The summed E-state index contributed by atoms with van der Waals surface area (Å²) in [5.41, 5.74) is 5.63. The van der Waals surface area contributed by atoms with Crippen molar-refractivity contribution >= 4 is 23.3 Å².